The largest absolute Gasteiger partial charge is 0.371 e. The standard InChI is InChI=1S/C18H24N2O2/c21-17(13-14-5-2-1-3-6-14)20-16-7-4-12-22-18(16)15-8-10-19-11-9-15/h5,8-11,16,18H,1-4,6-7,12-13H2,(H,20,21)/t16-,18+/m0/s1. The Labute approximate surface area is 132 Å². The molecule has 1 aliphatic carbocycles. The van der Waals surface area contributed by atoms with Crippen LogP contribution in [0.5, 0.6) is 0 Å². The molecule has 1 fully saturated rings. The fourth-order valence-corrected chi connectivity index (χ4v) is 3.34. The van der Waals surface area contributed by atoms with Gasteiger partial charge in [-0.25, -0.2) is 0 Å². The van der Waals surface area contributed by atoms with Crippen LogP contribution in [0, 0.1) is 0 Å². The van der Waals surface area contributed by atoms with Gasteiger partial charge in [-0.05, 0) is 56.2 Å². The zero-order chi connectivity index (χ0) is 15.2. The average molecular weight is 300 g/mol. The number of carbonyl (C=O) groups excluding carboxylic acids is 1. The first-order valence-electron chi connectivity index (χ1n) is 8.32. The second-order valence-electron chi connectivity index (χ2n) is 6.17. The molecule has 1 aliphatic heterocycles. The number of ether oxygens (including phenoxy) is 1. The Balaban J connectivity index is 1.61. The molecule has 1 saturated heterocycles. The summed E-state index contributed by atoms with van der Waals surface area (Å²) in [6, 6.07) is 4.00. The van der Waals surface area contributed by atoms with Crippen LogP contribution in [-0.2, 0) is 9.53 Å². The molecular weight excluding hydrogens is 276 g/mol. The Hall–Kier alpha value is -1.68. The topological polar surface area (TPSA) is 51.2 Å². The van der Waals surface area contributed by atoms with E-state index < -0.39 is 0 Å². The Morgan fingerprint density at radius 2 is 2.14 bits per heavy atom. The van der Waals surface area contributed by atoms with E-state index >= 15 is 0 Å². The highest BCUT2D eigenvalue weighted by atomic mass is 16.5. The molecule has 1 aromatic rings. The van der Waals surface area contributed by atoms with E-state index in [0.29, 0.717) is 6.42 Å². The molecule has 2 aliphatic rings. The van der Waals surface area contributed by atoms with Gasteiger partial charge in [0.1, 0.15) is 6.10 Å². The fraction of sp³-hybridized carbons (Fsp3) is 0.556. The van der Waals surface area contributed by atoms with E-state index in [2.05, 4.69) is 16.4 Å². The zero-order valence-electron chi connectivity index (χ0n) is 13.0. The maximum absolute atomic E-state index is 12.3. The van der Waals surface area contributed by atoms with E-state index in [4.69, 9.17) is 4.74 Å². The van der Waals surface area contributed by atoms with Crippen LogP contribution in [-0.4, -0.2) is 23.5 Å². The number of rotatable bonds is 4. The molecule has 0 saturated carbocycles. The van der Waals surface area contributed by atoms with Gasteiger partial charge in [0.05, 0.1) is 6.04 Å². The Morgan fingerprint density at radius 1 is 1.27 bits per heavy atom. The number of hydrogen-bond acceptors (Lipinski definition) is 3. The van der Waals surface area contributed by atoms with Crippen LogP contribution in [0.1, 0.15) is 56.6 Å². The third-order valence-corrected chi connectivity index (χ3v) is 4.48. The summed E-state index contributed by atoms with van der Waals surface area (Å²) in [7, 11) is 0. The molecule has 0 bridgehead atoms. The number of allylic oxidation sites excluding steroid dienone is 1. The first-order chi connectivity index (χ1) is 10.8. The molecule has 2 atom stereocenters. The molecule has 1 aromatic heterocycles. The SMILES string of the molecule is O=C(CC1=CCCCC1)N[C@H]1CCCO[C@@H]1c1ccncc1. The number of amides is 1. The summed E-state index contributed by atoms with van der Waals surface area (Å²) >= 11 is 0. The van der Waals surface area contributed by atoms with E-state index in [1.807, 2.05) is 12.1 Å². The summed E-state index contributed by atoms with van der Waals surface area (Å²) < 4.78 is 5.91. The molecule has 2 heterocycles. The van der Waals surface area contributed by atoms with Crippen molar-refractivity contribution >= 4 is 5.91 Å². The zero-order valence-corrected chi connectivity index (χ0v) is 13.0. The number of carbonyl (C=O) groups is 1. The smallest absolute Gasteiger partial charge is 0.224 e. The van der Waals surface area contributed by atoms with Crippen LogP contribution in [0.3, 0.4) is 0 Å². The first-order valence-corrected chi connectivity index (χ1v) is 8.32. The Morgan fingerprint density at radius 3 is 2.91 bits per heavy atom. The van der Waals surface area contributed by atoms with Gasteiger partial charge in [-0.15, -0.1) is 0 Å². The third-order valence-electron chi connectivity index (χ3n) is 4.48. The highest BCUT2D eigenvalue weighted by molar-refractivity contribution is 5.79. The number of pyridine rings is 1. The van der Waals surface area contributed by atoms with Gasteiger partial charge in [-0.2, -0.15) is 0 Å². The van der Waals surface area contributed by atoms with Gasteiger partial charge in [-0.1, -0.05) is 11.6 Å². The lowest BCUT2D eigenvalue weighted by atomic mass is 9.95. The predicted molar refractivity (Wildman–Crippen MR) is 85.3 cm³/mol. The maximum Gasteiger partial charge on any atom is 0.224 e. The molecule has 118 valence electrons. The van der Waals surface area contributed by atoms with Crippen LogP contribution in [0.2, 0.25) is 0 Å². The summed E-state index contributed by atoms with van der Waals surface area (Å²) in [5, 5.41) is 3.19. The minimum atomic E-state index is -0.0546. The van der Waals surface area contributed by atoms with Crippen LogP contribution >= 0.6 is 0 Å². The van der Waals surface area contributed by atoms with Gasteiger partial charge in [-0.3, -0.25) is 9.78 Å². The molecule has 0 unspecified atom stereocenters. The fourth-order valence-electron chi connectivity index (χ4n) is 3.34. The third kappa shape index (κ3) is 3.95. The number of aromatic nitrogens is 1. The lowest BCUT2D eigenvalue weighted by molar-refractivity contribution is -0.123. The second-order valence-corrected chi connectivity index (χ2v) is 6.17. The van der Waals surface area contributed by atoms with Gasteiger partial charge in [0.15, 0.2) is 0 Å². The van der Waals surface area contributed by atoms with E-state index in [9.17, 15) is 4.79 Å². The van der Waals surface area contributed by atoms with Crippen LogP contribution in [0.25, 0.3) is 0 Å². The molecular formula is C18H24N2O2. The number of nitrogens with zero attached hydrogens (tertiary/aromatic N) is 1. The van der Waals surface area contributed by atoms with Gasteiger partial charge >= 0.3 is 0 Å². The van der Waals surface area contributed by atoms with Crippen molar-refractivity contribution in [1.82, 2.24) is 10.3 Å². The van der Waals surface area contributed by atoms with Crippen molar-refractivity contribution in [2.75, 3.05) is 6.61 Å². The van der Waals surface area contributed by atoms with Crippen LogP contribution < -0.4 is 5.32 Å². The Bertz CT molecular complexity index is 527. The van der Waals surface area contributed by atoms with Crippen molar-refractivity contribution in [1.29, 1.82) is 0 Å². The molecule has 0 aromatic carbocycles. The number of hydrogen-bond donors (Lipinski definition) is 1. The van der Waals surface area contributed by atoms with Crippen molar-refractivity contribution in [3.05, 3.63) is 41.7 Å². The predicted octanol–water partition coefficient (Wildman–Crippen LogP) is 3.31. The van der Waals surface area contributed by atoms with Gasteiger partial charge in [0, 0.05) is 25.4 Å². The number of nitrogens with one attached hydrogen (secondary N) is 1. The molecule has 3 rings (SSSR count). The van der Waals surface area contributed by atoms with E-state index in [0.717, 1.165) is 37.9 Å². The lowest BCUT2D eigenvalue weighted by Crippen LogP contribution is -2.42. The van der Waals surface area contributed by atoms with E-state index in [-0.39, 0.29) is 18.1 Å². The second kappa shape index (κ2) is 7.54. The van der Waals surface area contributed by atoms with E-state index in [1.165, 1.54) is 18.4 Å². The van der Waals surface area contributed by atoms with Gasteiger partial charge < -0.3 is 10.1 Å². The summed E-state index contributed by atoms with van der Waals surface area (Å²) in [5.74, 6) is 0.128. The van der Waals surface area contributed by atoms with Crippen molar-refractivity contribution in [2.24, 2.45) is 0 Å². The molecule has 1 N–H and O–H groups in total. The quantitative estimate of drug-likeness (QED) is 0.868. The van der Waals surface area contributed by atoms with E-state index in [1.54, 1.807) is 12.4 Å². The maximum atomic E-state index is 12.3. The van der Waals surface area contributed by atoms with Crippen molar-refractivity contribution < 1.29 is 9.53 Å². The highest BCUT2D eigenvalue weighted by Gasteiger charge is 2.28. The molecule has 4 nitrogen and oxygen atoms in total. The monoisotopic (exact) mass is 300 g/mol. The molecule has 0 spiro atoms. The molecule has 0 radical (unpaired) electrons. The summed E-state index contributed by atoms with van der Waals surface area (Å²) in [6.07, 6.45) is 12.9. The first kappa shape index (κ1) is 15.2. The molecule has 4 heteroatoms. The normalized spacial score (nSPS) is 25.4. The molecule has 1 amide bonds. The average Bonchev–Trinajstić information content (AvgIpc) is 2.57. The van der Waals surface area contributed by atoms with Crippen LogP contribution in [0.15, 0.2) is 36.2 Å². The molecule has 22 heavy (non-hydrogen) atoms. The van der Waals surface area contributed by atoms with Crippen molar-refractivity contribution in [3.63, 3.8) is 0 Å². The summed E-state index contributed by atoms with van der Waals surface area (Å²) in [5.41, 5.74) is 2.39. The van der Waals surface area contributed by atoms with Crippen molar-refractivity contribution in [2.45, 2.75) is 57.1 Å². The van der Waals surface area contributed by atoms with Crippen LogP contribution in [0.4, 0.5) is 0 Å². The highest BCUT2D eigenvalue weighted by Crippen LogP contribution is 2.28. The van der Waals surface area contributed by atoms with Gasteiger partial charge in [0.25, 0.3) is 0 Å². The van der Waals surface area contributed by atoms with Crippen molar-refractivity contribution in [3.8, 4) is 0 Å². The minimum Gasteiger partial charge on any atom is -0.371 e. The summed E-state index contributed by atoms with van der Waals surface area (Å²) in [4.78, 5) is 16.4. The minimum absolute atomic E-state index is 0.0546. The summed E-state index contributed by atoms with van der Waals surface area (Å²) in [6.45, 7) is 0.754. The lowest BCUT2D eigenvalue weighted by Gasteiger charge is -2.32. The van der Waals surface area contributed by atoms with Gasteiger partial charge in [0.2, 0.25) is 5.91 Å². The Kier molecular flexibility index (Phi) is 5.22.